The molecule has 0 aromatic carbocycles. The average molecular weight is 300 g/mol. The fraction of sp³-hybridized carbons (Fsp3) is 0.583. The topological polar surface area (TPSA) is 37.4 Å². The van der Waals surface area contributed by atoms with E-state index in [1.807, 2.05) is 13.1 Å². The molecule has 0 unspecified atom stereocenters. The molecular formula is C12H18BrN3O. The zero-order valence-electron chi connectivity index (χ0n) is 10.1. The van der Waals surface area contributed by atoms with Crippen LogP contribution in [0.1, 0.15) is 5.56 Å². The van der Waals surface area contributed by atoms with Crippen molar-refractivity contribution in [2.24, 2.45) is 0 Å². The zero-order chi connectivity index (χ0) is 12.1. The predicted octanol–water partition coefficient (Wildman–Crippen LogP) is 1.90. The van der Waals surface area contributed by atoms with Gasteiger partial charge in [-0.05, 0) is 34.5 Å². The van der Waals surface area contributed by atoms with Gasteiger partial charge >= 0.3 is 0 Å². The summed E-state index contributed by atoms with van der Waals surface area (Å²) < 4.78 is 6.34. The van der Waals surface area contributed by atoms with Crippen LogP contribution in [0.3, 0.4) is 0 Å². The average Bonchev–Trinajstić information content (AvgIpc) is 2.33. The van der Waals surface area contributed by atoms with Crippen molar-refractivity contribution in [3.63, 3.8) is 0 Å². The van der Waals surface area contributed by atoms with Crippen LogP contribution in [0.25, 0.3) is 0 Å². The first-order chi connectivity index (χ1) is 8.25. The molecule has 1 aromatic rings. The maximum absolute atomic E-state index is 5.31. The molecule has 1 saturated heterocycles. The van der Waals surface area contributed by atoms with E-state index in [4.69, 9.17) is 4.74 Å². The number of nitrogens with zero attached hydrogens (tertiary/aromatic N) is 2. The largest absolute Gasteiger partial charge is 0.379 e. The Kier molecular flexibility index (Phi) is 4.76. The number of pyridine rings is 1. The summed E-state index contributed by atoms with van der Waals surface area (Å²) in [6, 6.07) is 2.07. The number of rotatable bonds is 4. The van der Waals surface area contributed by atoms with Gasteiger partial charge < -0.3 is 10.1 Å². The molecule has 0 saturated carbocycles. The van der Waals surface area contributed by atoms with Crippen LogP contribution in [0.5, 0.6) is 0 Å². The van der Waals surface area contributed by atoms with Gasteiger partial charge in [0, 0.05) is 32.4 Å². The first-order valence-corrected chi connectivity index (χ1v) is 6.71. The second-order valence-corrected chi connectivity index (χ2v) is 5.08. The van der Waals surface area contributed by atoms with Gasteiger partial charge in [-0.15, -0.1) is 0 Å². The number of halogens is 1. The van der Waals surface area contributed by atoms with E-state index >= 15 is 0 Å². The van der Waals surface area contributed by atoms with Crippen LogP contribution in [0, 0.1) is 6.92 Å². The molecule has 17 heavy (non-hydrogen) atoms. The van der Waals surface area contributed by atoms with E-state index in [-0.39, 0.29) is 0 Å². The molecule has 0 aliphatic carbocycles. The van der Waals surface area contributed by atoms with E-state index in [0.717, 1.165) is 55.2 Å². The van der Waals surface area contributed by atoms with Gasteiger partial charge in [0.15, 0.2) is 0 Å². The predicted molar refractivity (Wildman–Crippen MR) is 72.4 cm³/mol. The van der Waals surface area contributed by atoms with Gasteiger partial charge in [-0.3, -0.25) is 4.90 Å². The maximum atomic E-state index is 5.31. The Morgan fingerprint density at radius 2 is 2.24 bits per heavy atom. The molecule has 5 heteroatoms. The van der Waals surface area contributed by atoms with E-state index in [1.165, 1.54) is 0 Å². The third-order valence-electron chi connectivity index (χ3n) is 2.80. The fourth-order valence-corrected chi connectivity index (χ4v) is 2.42. The van der Waals surface area contributed by atoms with Crippen molar-refractivity contribution < 1.29 is 4.74 Å². The molecule has 94 valence electrons. The van der Waals surface area contributed by atoms with Crippen LogP contribution < -0.4 is 5.32 Å². The minimum atomic E-state index is 0.854. The third-order valence-corrected chi connectivity index (χ3v) is 3.41. The zero-order valence-corrected chi connectivity index (χ0v) is 11.7. The van der Waals surface area contributed by atoms with Gasteiger partial charge in [0.25, 0.3) is 0 Å². The van der Waals surface area contributed by atoms with Gasteiger partial charge in [0.05, 0.1) is 17.7 Å². The molecule has 1 N–H and O–H groups in total. The van der Waals surface area contributed by atoms with Crippen LogP contribution in [0.15, 0.2) is 16.7 Å². The molecule has 0 atom stereocenters. The third kappa shape index (κ3) is 3.94. The lowest BCUT2D eigenvalue weighted by Gasteiger charge is -2.26. The van der Waals surface area contributed by atoms with Crippen molar-refractivity contribution in [2.45, 2.75) is 6.92 Å². The Balaban J connectivity index is 1.77. The van der Waals surface area contributed by atoms with Gasteiger partial charge in [-0.2, -0.15) is 0 Å². The summed E-state index contributed by atoms with van der Waals surface area (Å²) in [6.07, 6.45) is 1.88. The van der Waals surface area contributed by atoms with Gasteiger partial charge in [-0.25, -0.2) is 4.98 Å². The molecule has 4 nitrogen and oxygen atoms in total. The van der Waals surface area contributed by atoms with Crippen molar-refractivity contribution in [1.29, 1.82) is 0 Å². The van der Waals surface area contributed by atoms with Crippen LogP contribution in [0.4, 0.5) is 5.82 Å². The van der Waals surface area contributed by atoms with E-state index in [1.54, 1.807) is 0 Å². The highest BCUT2D eigenvalue weighted by Crippen LogP contribution is 2.20. The van der Waals surface area contributed by atoms with Crippen LogP contribution >= 0.6 is 15.9 Å². The normalized spacial score (nSPS) is 17.1. The van der Waals surface area contributed by atoms with Gasteiger partial charge in [-0.1, -0.05) is 0 Å². The Hall–Kier alpha value is -0.650. The first kappa shape index (κ1) is 12.8. The number of morpholine rings is 1. The van der Waals surface area contributed by atoms with Crippen LogP contribution in [0.2, 0.25) is 0 Å². The van der Waals surface area contributed by atoms with Crippen molar-refractivity contribution in [1.82, 2.24) is 9.88 Å². The highest BCUT2D eigenvalue weighted by Gasteiger charge is 2.09. The van der Waals surface area contributed by atoms with Crippen LogP contribution in [-0.2, 0) is 4.74 Å². The Morgan fingerprint density at radius 1 is 1.47 bits per heavy atom. The lowest BCUT2D eigenvalue weighted by atomic mass is 10.3. The Bertz CT molecular complexity index is 367. The monoisotopic (exact) mass is 299 g/mol. The summed E-state index contributed by atoms with van der Waals surface area (Å²) in [4.78, 5) is 6.76. The Labute approximate surface area is 110 Å². The highest BCUT2D eigenvalue weighted by molar-refractivity contribution is 9.10. The van der Waals surface area contributed by atoms with E-state index in [9.17, 15) is 0 Å². The summed E-state index contributed by atoms with van der Waals surface area (Å²) in [6.45, 7) is 7.75. The minimum Gasteiger partial charge on any atom is -0.379 e. The summed E-state index contributed by atoms with van der Waals surface area (Å²) in [7, 11) is 0. The lowest BCUT2D eigenvalue weighted by Crippen LogP contribution is -2.39. The van der Waals surface area contributed by atoms with Crippen molar-refractivity contribution in [3.8, 4) is 0 Å². The summed E-state index contributed by atoms with van der Waals surface area (Å²) in [5, 5.41) is 3.35. The van der Waals surface area contributed by atoms with E-state index < -0.39 is 0 Å². The molecule has 0 bridgehead atoms. The number of nitrogens with one attached hydrogen (secondary N) is 1. The first-order valence-electron chi connectivity index (χ1n) is 5.92. The maximum Gasteiger partial charge on any atom is 0.140 e. The summed E-state index contributed by atoms with van der Waals surface area (Å²) >= 11 is 3.51. The molecule has 1 aliphatic rings. The molecule has 1 aromatic heterocycles. The van der Waals surface area contributed by atoms with Crippen molar-refractivity contribution in [3.05, 3.63) is 22.3 Å². The number of aryl methyl sites for hydroxylation is 1. The molecule has 2 heterocycles. The smallest absolute Gasteiger partial charge is 0.140 e. The number of aromatic nitrogens is 1. The number of hydrogen-bond acceptors (Lipinski definition) is 4. The second kappa shape index (κ2) is 6.33. The SMILES string of the molecule is Cc1cnc(NCCN2CCOCC2)c(Br)c1. The van der Waals surface area contributed by atoms with Gasteiger partial charge in [0.1, 0.15) is 5.82 Å². The molecule has 2 rings (SSSR count). The Morgan fingerprint density at radius 3 is 2.94 bits per heavy atom. The van der Waals surface area contributed by atoms with Crippen molar-refractivity contribution >= 4 is 21.7 Å². The van der Waals surface area contributed by atoms with Crippen LogP contribution in [-0.4, -0.2) is 49.3 Å². The number of hydrogen-bond donors (Lipinski definition) is 1. The molecule has 1 aliphatic heterocycles. The molecular weight excluding hydrogens is 282 g/mol. The van der Waals surface area contributed by atoms with E-state index in [2.05, 4.69) is 37.2 Å². The molecule has 0 radical (unpaired) electrons. The lowest BCUT2D eigenvalue weighted by molar-refractivity contribution is 0.0398. The number of anilines is 1. The minimum absolute atomic E-state index is 0.854. The van der Waals surface area contributed by atoms with E-state index in [0.29, 0.717) is 0 Å². The summed E-state index contributed by atoms with van der Waals surface area (Å²) in [5.74, 6) is 0.920. The standard InChI is InChI=1S/C12H18BrN3O/c1-10-8-11(13)12(15-9-10)14-2-3-16-4-6-17-7-5-16/h8-9H,2-7H2,1H3,(H,14,15). The second-order valence-electron chi connectivity index (χ2n) is 4.22. The quantitative estimate of drug-likeness (QED) is 0.921. The fourth-order valence-electron chi connectivity index (χ4n) is 1.82. The molecule has 0 amide bonds. The highest BCUT2D eigenvalue weighted by atomic mass is 79.9. The molecule has 0 spiro atoms. The van der Waals surface area contributed by atoms with Gasteiger partial charge in [0.2, 0.25) is 0 Å². The number of ether oxygens (including phenoxy) is 1. The molecule has 1 fully saturated rings. The summed E-state index contributed by atoms with van der Waals surface area (Å²) in [5.41, 5.74) is 1.16. The van der Waals surface area contributed by atoms with Crippen molar-refractivity contribution in [2.75, 3.05) is 44.7 Å².